The summed E-state index contributed by atoms with van der Waals surface area (Å²) in [6.07, 6.45) is 8.67. The molecule has 4 rings (SSSR count). The smallest absolute Gasteiger partial charge is 0.212 e. The van der Waals surface area contributed by atoms with Crippen molar-refractivity contribution in [3.63, 3.8) is 0 Å². The Morgan fingerprint density at radius 3 is 2.80 bits per heavy atom. The minimum absolute atomic E-state index is 0.0463. The van der Waals surface area contributed by atoms with Gasteiger partial charge in [0.2, 0.25) is 5.88 Å². The zero-order valence-corrected chi connectivity index (χ0v) is 12.9. The van der Waals surface area contributed by atoms with Gasteiger partial charge in [0, 0.05) is 41.6 Å². The van der Waals surface area contributed by atoms with Crippen molar-refractivity contribution in [1.82, 2.24) is 9.97 Å². The summed E-state index contributed by atoms with van der Waals surface area (Å²) in [6, 6.07) is 7.12. The fourth-order valence-electron chi connectivity index (χ4n) is 2.50. The molecule has 0 fully saturated rings. The van der Waals surface area contributed by atoms with Crippen molar-refractivity contribution in [2.45, 2.75) is 0 Å². The van der Waals surface area contributed by atoms with Crippen molar-refractivity contribution in [1.29, 1.82) is 0 Å². The number of pyridine rings is 2. The number of allylic oxidation sites excluding steroid dienone is 1. The van der Waals surface area contributed by atoms with Crippen LogP contribution in [0.1, 0.15) is 21.7 Å². The molecule has 2 N–H and O–H groups in total. The van der Waals surface area contributed by atoms with Crippen LogP contribution in [0.2, 0.25) is 0 Å². The first-order chi connectivity index (χ1) is 12.3. The summed E-state index contributed by atoms with van der Waals surface area (Å²) in [5.74, 6) is 0.694. The number of fused-ring (bicyclic) bond motifs is 1. The maximum atomic E-state index is 11.4. The highest BCUT2D eigenvalue weighted by Gasteiger charge is 2.20. The van der Waals surface area contributed by atoms with Gasteiger partial charge in [0.25, 0.3) is 0 Å². The number of rotatable bonds is 4. The van der Waals surface area contributed by atoms with E-state index < -0.39 is 0 Å². The second-order valence-corrected chi connectivity index (χ2v) is 5.27. The first kappa shape index (κ1) is 14.8. The lowest BCUT2D eigenvalue weighted by Gasteiger charge is -2.02. The largest absolute Gasteiger partial charge is 0.504 e. The number of aromatic hydroxyl groups is 1. The molecule has 122 valence electrons. The van der Waals surface area contributed by atoms with Gasteiger partial charge in [0.1, 0.15) is 5.56 Å². The number of hydrogen-bond donors (Lipinski definition) is 2. The fraction of sp³-hybridized carbons (Fsp3) is 0. The number of aldehydes is 1. The van der Waals surface area contributed by atoms with E-state index in [0.29, 0.717) is 17.8 Å². The zero-order chi connectivity index (χ0) is 17.2. The Labute approximate surface area is 142 Å². The fourth-order valence-corrected chi connectivity index (χ4v) is 2.50. The third-order valence-corrected chi connectivity index (χ3v) is 3.71. The van der Waals surface area contributed by atoms with Crippen LogP contribution in [-0.4, -0.2) is 27.6 Å². The van der Waals surface area contributed by atoms with Crippen molar-refractivity contribution < 1.29 is 14.3 Å². The molecule has 0 aliphatic carbocycles. The average Bonchev–Trinajstić information content (AvgIpc) is 3.18. The highest BCUT2D eigenvalue weighted by atomic mass is 16.4. The third-order valence-electron chi connectivity index (χ3n) is 3.71. The van der Waals surface area contributed by atoms with E-state index in [1.807, 2.05) is 6.07 Å². The molecular weight excluding hydrogens is 320 g/mol. The Kier molecular flexibility index (Phi) is 3.59. The van der Waals surface area contributed by atoms with Crippen LogP contribution >= 0.6 is 0 Å². The topological polar surface area (TPSA) is 101 Å². The summed E-state index contributed by atoms with van der Waals surface area (Å²) in [5, 5.41) is 13.3. The summed E-state index contributed by atoms with van der Waals surface area (Å²) in [5.41, 5.74) is 2.29. The molecule has 7 nitrogen and oxygen atoms in total. The van der Waals surface area contributed by atoms with Gasteiger partial charge in [-0.2, -0.15) is 0 Å². The number of anilines is 2. The van der Waals surface area contributed by atoms with Gasteiger partial charge >= 0.3 is 0 Å². The zero-order valence-electron chi connectivity index (χ0n) is 12.9. The molecule has 1 aliphatic rings. The lowest BCUT2D eigenvalue weighted by atomic mass is 10.1. The normalized spacial score (nSPS) is 13.8. The Balaban J connectivity index is 1.73. The Hall–Kier alpha value is -3.74. The third kappa shape index (κ3) is 2.67. The number of hydrogen-bond acceptors (Lipinski definition) is 7. The molecule has 3 aromatic heterocycles. The van der Waals surface area contributed by atoms with Crippen molar-refractivity contribution in [2.24, 2.45) is 4.99 Å². The molecule has 7 heteroatoms. The lowest BCUT2D eigenvalue weighted by Crippen LogP contribution is -1.91. The van der Waals surface area contributed by atoms with Gasteiger partial charge in [-0.3, -0.25) is 9.78 Å². The SMILES string of the molecule is O=Cc1c(Nc2ccncc2)oc(C=C2C=Nc3ncccc32)c1O. The van der Waals surface area contributed by atoms with E-state index in [9.17, 15) is 9.90 Å². The number of carbonyl (C=O) groups is 1. The van der Waals surface area contributed by atoms with E-state index >= 15 is 0 Å². The van der Waals surface area contributed by atoms with Crippen molar-refractivity contribution in [3.8, 4) is 5.75 Å². The molecule has 0 radical (unpaired) electrons. The van der Waals surface area contributed by atoms with Crippen LogP contribution in [0.25, 0.3) is 11.6 Å². The molecule has 1 aliphatic heterocycles. The molecule has 0 spiro atoms. The van der Waals surface area contributed by atoms with Crippen LogP contribution in [-0.2, 0) is 0 Å². The molecule has 0 saturated heterocycles. The van der Waals surface area contributed by atoms with Crippen LogP contribution in [0, 0.1) is 0 Å². The van der Waals surface area contributed by atoms with Gasteiger partial charge in [-0.1, -0.05) is 0 Å². The second-order valence-electron chi connectivity index (χ2n) is 5.27. The number of carbonyl (C=O) groups excluding carboxylic acids is 1. The molecule has 0 saturated carbocycles. The van der Waals surface area contributed by atoms with Gasteiger partial charge in [-0.25, -0.2) is 9.98 Å². The summed E-state index contributed by atoms with van der Waals surface area (Å²) in [6.45, 7) is 0. The van der Waals surface area contributed by atoms with Crippen LogP contribution in [0.15, 0.2) is 52.3 Å². The van der Waals surface area contributed by atoms with Crippen molar-refractivity contribution >= 4 is 41.5 Å². The Bertz CT molecular complexity index is 1010. The van der Waals surface area contributed by atoms with E-state index in [0.717, 1.165) is 11.1 Å². The maximum Gasteiger partial charge on any atom is 0.212 e. The van der Waals surface area contributed by atoms with Crippen LogP contribution in [0.3, 0.4) is 0 Å². The quantitative estimate of drug-likeness (QED) is 0.708. The molecule has 0 unspecified atom stereocenters. The van der Waals surface area contributed by atoms with Crippen molar-refractivity contribution in [3.05, 3.63) is 59.7 Å². The average molecular weight is 332 g/mol. The predicted octanol–water partition coefficient (Wildman–Crippen LogP) is 3.59. The molecule has 0 aromatic carbocycles. The number of aliphatic imine (C=N–C) groups is 1. The van der Waals surface area contributed by atoms with Crippen molar-refractivity contribution in [2.75, 3.05) is 5.32 Å². The first-order valence-corrected chi connectivity index (χ1v) is 7.45. The molecule has 0 bridgehead atoms. The van der Waals surface area contributed by atoms with E-state index in [2.05, 4.69) is 20.3 Å². The minimum Gasteiger partial charge on any atom is -0.504 e. The van der Waals surface area contributed by atoms with Gasteiger partial charge in [-0.15, -0.1) is 0 Å². The van der Waals surface area contributed by atoms with E-state index in [4.69, 9.17) is 4.42 Å². The van der Waals surface area contributed by atoms with Gasteiger partial charge < -0.3 is 14.8 Å². The first-order valence-electron chi connectivity index (χ1n) is 7.45. The second kappa shape index (κ2) is 6.04. The number of furan rings is 1. The Morgan fingerprint density at radius 2 is 2.00 bits per heavy atom. The Morgan fingerprint density at radius 1 is 1.16 bits per heavy atom. The van der Waals surface area contributed by atoms with Gasteiger partial charge in [-0.05, 0) is 30.3 Å². The van der Waals surface area contributed by atoms with E-state index in [1.54, 1.807) is 49.1 Å². The van der Waals surface area contributed by atoms with Gasteiger partial charge in [0.15, 0.2) is 23.6 Å². The number of nitrogens with one attached hydrogen (secondary N) is 1. The molecule has 25 heavy (non-hydrogen) atoms. The lowest BCUT2D eigenvalue weighted by molar-refractivity contribution is 0.112. The standard InChI is InChI=1S/C18H12N4O3/c23-10-14-16(24)15(25-18(14)22-12-3-6-19-7-4-12)8-11-9-21-17-13(11)2-1-5-20-17/h1-10,24H,(H,19,22). The molecule has 3 aromatic rings. The van der Waals surface area contributed by atoms with E-state index in [-0.39, 0.29) is 23.0 Å². The monoisotopic (exact) mass is 332 g/mol. The molecule has 0 atom stereocenters. The van der Waals surface area contributed by atoms with Crippen LogP contribution in [0.5, 0.6) is 5.75 Å². The van der Waals surface area contributed by atoms with Crippen LogP contribution in [0.4, 0.5) is 17.4 Å². The summed E-state index contributed by atoms with van der Waals surface area (Å²) in [7, 11) is 0. The summed E-state index contributed by atoms with van der Waals surface area (Å²) in [4.78, 5) is 23.6. The molecule has 4 heterocycles. The highest BCUT2D eigenvalue weighted by Crippen LogP contribution is 2.37. The minimum atomic E-state index is -0.232. The highest BCUT2D eigenvalue weighted by molar-refractivity contribution is 6.21. The summed E-state index contributed by atoms with van der Waals surface area (Å²) < 4.78 is 5.65. The molecule has 0 amide bonds. The summed E-state index contributed by atoms with van der Waals surface area (Å²) >= 11 is 0. The number of nitrogens with zero attached hydrogens (tertiary/aromatic N) is 3. The molecular formula is C18H12N4O3. The predicted molar refractivity (Wildman–Crippen MR) is 93.5 cm³/mol. The van der Waals surface area contributed by atoms with Crippen LogP contribution < -0.4 is 5.32 Å². The van der Waals surface area contributed by atoms with E-state index in [1.165, 1.54) is 0 Å². The van der Waals surface area contributed by atoms with Gasteiger partial charge in [0.05, 0.1) is 0 Å². The number of aromatic nitrogens is 2. The maximum absolute atomic E-state index is 11.4.